The summed E-state index contributed by atoms with van der Waals surface area (Å²) in [7, 11) is 0. The number of ether oxygens (including phenoxy) is 1. The van der Waals surface area contributed by atoms with E-state index in [0.717, 1.165) is 18.4 Å². The Morgan fingerprint density at radius 2 is 1.78 bits per heavy atom. The van der Waals surface area contributed by atoms with Gasteiger partial charge in [-0.3, -0.25) is 25.3 Å². The highest BCUT2D eigenvalue weighted by molar-refractivity contribution is 5.90. The summed E-state index contributed by atoms with van der Waals surface area (Å²) in [6.07, 6.45) is 3.23. The molecule has 2 bridgehead atoms. The Kier molecular flexibility index (Phi) is 8.21. The molecule has 11 heteroatoms. The van der Waals surface area contributed by atoms with Crippen molar-refractivity contribution in [3.63, 3.8) is 0 Å². The molecule has 3 aliphatic rings. The number of fused-ring (bicyclic) bond motifs is 2. The lowest BCUT2D eigenvalue weighted by Gasteiger charge is -2.36. The zero-order chi connectivity index (χ0) is 26.6. The van der Waals surface area contributed by atoms with Crippen molar-refractivity contribution in [3.8, 4) is 0 Å². The first-order chi connectivity index (χ1) is 17.6. The molecular formula is C26H37N5O6. The highest BCUT2D eigenvalue weighted by Crippen LogP contribution is 2.32. The average molecular weight is 516 g/mol. The van der Waals surface area contributed by atoms with Crippen LogP contribution in [0.25, 0.3) is 0 Å². The number of piperidine rings is 1. The number of nitrogens with one attached hydrogen (secondary N) is 3. The SMILES string of the molecule is CC(C)(C)OC(=O)NC1CC(CCC(=O)NNC(=O)[C@@H]2CC[C@H]3CN2C(=O)N3OCc2ccccc2)C1. The molecule has 3 N–H and O–H groups in total. The van der Waals surface area contributed by atoms with Gasteiger partial charge in [0, 0.05) is 19.0 Å². The van der Waals surface area contributed by atoms with Gasteiger partial charge in [0.15, 0.2) is 0 Å². The summed E-state index contributed by atoms with van der Waals surface area (Å²) in [4.78, 5) is 57.0. The number of hydroxylamine groups is 2. The number of alkyl carbamates (subject to hydrolysis) is 1. The molecule has 1 aliphatic carbocycles. The Morgan fingerprint density at radius 3 is 2.49 bits per heavy atom. The lowest BCUT2D eigenvalue weighted by molar-refractivity contribution is -0.140. The zero-order valence-electron chi connectivity index (χ0n) is 21.7. The van der Waals surface area contributed by atoms with Crippen LogP contribution in [0, 0.1) is 5.92 Å². The summed E-state index contributed by atoms with van der Waals surface area (Å²) >= 11 is 0. The van der Waals surface area contributed by atoms with Crippen LogP contribution in [-0.2, 0) is 25.8 Å². The first kappa shape index (κ1) is 26.7. The summed E-state index contributed by atoms with van der Waals surface area (Å²) in [6, 6.07) is 8.58. The molecule has 1 aromatic carbocycles. The highest BCUT2D eigenvalue weighted by Gasteiger charge is 2.48. The van der Waals surface area contributed by atoms with E-state index in [1.54, 1.807) is 0 Å². The van der Waals surface area contributed by atoms with Crippen LogP contribution in [-0.4, -0.2) is 64.2 Å². The van der Waals surface area contributed by atoms with Crippen LogP contribution in [0.5, 0.6) is 0 Å². The number of hydrogen-bond acceptors (Lipinski definition) is 6. The highest BCUT2D eigenvalue weighted by atomic mass is 16.7. The molecule has 0 unspecified atom stereocenters. The van der Waals surface area contributed by atoms with Crippen LogP contribution in [0.2, 0.25) is 0 Å². The minimum absolute atomic E-state index is 0.0620. The fraction of sp³-hybridized carbons (Fsp3) is 0.615. The zero-order valence-corrected chi connectivity index (χ0v) is 21.7. The number of carbonyl (C=O) groups excluding carboxylic acids is 4. The van der Waals surface area contributed by atoms with Gasteiger partial charge in [-0.2, -0.15) is 5.06 Å². The quantitative estimate of drug-likeness (QED) is 0.457. The van der Waals surface area contributed by atoms with Crippen molar-refractivity contribution in [1.29, 1.82) is 0 Å². The molecule has 0 radical (unpaired) electrons. The van der Waals surface area contributed by atoms with Crippen molar-refractivity contribution in [1.82, 2.24) is 26.1 Å². The maximum Gasteiger partial charge on any atom is 0.407 e. The maximum absolute atomic E-state index is 12.9. The molecule has 37 heavy (non-hydrogen) atoms. The van der Waals surface area contributed by atoms with E-state index in [2.05, 4.69) is 16.2 Å². The molecule has 4 rings (SSSR count). The lowest BCUT2D eigenvalue weighted by atomic mass is 9.77. The monoisotopic (exact) mass is 515 g/mol. The second-order valence-corrected chi connectivity index (χ2v) is 11.0. The van der Waals surface area contributed by atoms with E-state index >= 15 is 0 Å². The van der Waals surface area contributed by atoms with Crippen LogP contribution in [0.4, 0.5) is 9.59 Å². The molecule has 0 aromatic heterocycles. The van der Waals surface area contributed by atoms with Gasteiger partial charge in [-0.15, -0.1) is 0 Å². The Balaban J connectivity index is 1.13. The van der Waals surface area contributed by atoms with Gasteiger partial charge in [0.2, 0.25) is 5.91 Å². The summed E-state index contributed by atoms with van der Waals surface area (Å²) in [5.41, 5.74) is 5.38. The van der Waals surface area contributed by atoms with E-state index in [-0.39, 0.29) is 37.0 Å². The van der Waals surface area contributed by atoms with Crippen LogP contribution >= 0.6 is 0 Å². The molecule has 2 saturated heterocycles. The van der Waals surface area contributed by atoms with Gasteiger partial charge in [-0.25, -0.2) is 9.59 Å². The number of nitrogens with zero attached hydrogens (tertiary/aromatic N) is 2. The molecular weight excluding hydrogens is 478 g/mol. The average Bonchev–Trinajstić information content (AvgIpc) is 3.06. The van der Waals surface area contributed by atoms with Gasteiger partial charge in [-0.05, 0) is 64.4 Å². The smallest absolute Gasteiger partial charge is 0.407 e. The van der Waals surface area contributed by atoms with Gasteiger partial charge in [0.1, 0.15) is 18.2 Å². The predicted molar refractivity (Wildman–Crippen MR) is 133 cm³/mol. The standard InChI is InChI=1S/C26H37N5O6/c1-26(2,3)37-24(34)27-19-13-18(14-19)9-12-22(32)28-29-23(33)21-11-10-20-15-30(21)25(35)31(20)36-16-17-7-5-4-6-8-17/h4-8,18-21H,9-16H2,1-3H3,(H,27,34)(H,28,32)(H,29,33)/t18?,19?,20-,21-/m0/s1. The van der Waals surface area contributed by atoms with Crippen LogP contribution < -0.4 is 16.2 Å². The van der Waals surface area contributed by atoms with Crippen LogP contribution in [0.3, 0.4) is 0 Å². The third-order valence-electron chi connectivity index (χ3n) is 6.90. The molecule has 202 valence electrons. The molecule has 5 amide bonds. The summed E-state index contributed by atoms with van der Waals surface area (Å²) < 4.78 is 5.25. The van der Waals surface area contributed by atoms with E-state index < -0.39 is 23.6 Å². The van der Waals surface area contributed by atoms with Crippen molar-refractivity contribution in [3.05, 3.63) is 35.9 Å². The maximum atomic E-state index is 12.9. The van der Waals surface area contributed by atoms with E-state index in [4.69, 9.17) is 9.57 Å². The normalized spacial score (nSPS) is 24.8. The molecule has 2 aliphatic heterocycles. The van der Waals surface area contributed by atoms with Crippen molar-refractivity contribution >= 4 is 23.9 Å². The van der Waals surface area contributed by atoms with E-state index in [1.165, 1.54) is 9.96 Å². The first-order valence-corrected chi connectivity index (χ1v) is 12.9. The first-order valence-electron chi connectivity index (χ1n) is 12.9. The van der Waals surface area contributed by atoms with Crippen LogP contribution in [0.15, 0.2) is 30.3 Å². The molecule has 1 aromatic rings. The van der Waals surface area contributed by atoms with Gasteiger partial charge in [0.25, 0.3) is 5.91 Å². The second-order valence-electron chi connectivity index (χ2n) is 11.0. The van der Waals surface area contributed by atoms with Crippen molar-refractivity contribution < 1.29 is 28.8 Å². The number of benzene rings is 1. The van der Waals surface area contributed by atoms with Gasteiger partial charge < -0.3 is 15.0 Å². The molecule has 2 heterocycles. The molecule has 3 fully saturated rings. The molecule has 1 saturated carbocycles. The van der Waals surface area contributed by atoms with Crippen LogP contribution in [0.1, 0.15) is 64.9 Å². The Morgan fingerprint density at radius 1 is 1.05 bits per heavy atom. The number of amides is 5. The van der Waals surface area contributed by atoms with Gasteiger partial charge in [0.05, 0.1) is 6.04 Å². The second kappa shape index (κ2) is 11.4. The van der Waals surface area contributed by atoms with Crippen molar-refractivity contribution in [2.45, 2.75) is 89.6 Å². The third-order valence-corrected chi connectivity index (χ3v) is 6.90. The van der Waals surface area contributed by atoms with E-state index in [1.807, 2.05) is 51.1 Å². The van der Waals surface area contributed by atoms with E-state index in [0.29, 0.717) is 31.7 Å². The van der Waals surface area contributed by atoms with E-state index in [9.17, 15) is 19.2 Å². The number of urea groups is 1. The molecule has 11 nitrogen and oxygen atoms in total. The predicted octanol–water partition coefficient (Wildman–Crippen LogP) is 2.62. The fourth-order valence-corrected chi connectivity index (χ4v) is 4.96. The topological polar surface area (TPSA) is 129 Å². The third kappa shape index (κ3) is 7.12. The molecule has 0 spiro atoms. The largest absolute Gasteiger partial charge is 0.444 e. The summed E-state index contributed by atoms with van der Waals surface area (Å²) in [6.45, 7) is 6.15. The number of carbonyl (C=O) groups is 4. The van der Waals surface area contributed by atoms with Gasteiger partial charge >= 0.3 is 12.1 Å². The Hall–Kier alpha value is -3.34. The van der Waals surface area contributed by atoms with Crippen molar-refractivity contribution in [2.24, 2.45) is 5.92 Å². The fourth-order valence-electron chi connectivity index (χ4n) is 4.96. The minimum atomic E-state index is -0.652. The lowest BCUT2D eigenvalue weighted by Crippen LogP contribution is -2.54. The number of rotatable bonds is 8. The van der Waals surface area contributed by atoms with Gasteiger partial charge in [-0.1, -0.05) is 30.3 Å². The summed E-state index contributed by atoms with van der Waals surface area (Å²) in [5.74, 6) is -0.359. The minimum Gasteiger partial charge on any atom is -0.444 e. The Bertz CT molecular complexity index is 991. The number of hydrazine groups is 1. The summed E-state index contributed by atoms with van der Waals surface area (Å²) in [5, 5.41) is 4.22. The Labute approximate surface area is 217 Å². The number of hydrogen-bond donors (Lipinski definition) is 3. The van der Waals surface area contributed by atoms with Crippen molar-refractivity contribution in [2.75, 3.05) is 6.54 Å². The molecule has 2 atom stereocenters.